The number of thioether (sulfide) groups is 10. The fourth-order valence-corrected chi connectivity index (χ4v) is 26.2. The molecule has 0 bridgehead atoms. The van der Waals surface area contributed by atoms with E-state index in [1.165, 1.54) is 27.9 Å². The van der Waals surface area contributed by atoms with E-state index in [0.717, 1.165) is 143 Å². The van der Waals surface area contributed by atoms with Gasteiger partial charge in [0.15, 0.2) is 5.75 Å². The maximum absolute atomic E-state index is 12.1. The van der Waals surface area contributed by atoms with Crippen LogP contribution in [0.5, 0.6) is 17.2 Å². The van der Waals surface area contributed by atoms with Gasteiger partial charge in [-0.2, -0.15) is 106 Å². The Morgan fingerprint density at radius 1 is 0.406 bits per heavy atom. The van der Waals surface area contributed by atoms with E-state index >= 15 is 0 Å². The van der Waals surface area contributed by atoms with Crippen LogP contribution in [-0.4, -0.2) is 196 Å². The van der Waals surface area contributed by atoms with Gasteiger partial charge in [-0.05, 0) is 146 Å². The summed E-state index contributed by atoms with van der Waals surface area (Å²) in [6, 6.07) is 29.5. The lowest BCUT2D eigenvalue weighted by atomic mass is 10.2. The molecular formula is C75H83Br7Cl2O12S10. The minimum Gasteiger partial charge on any atom is -0.491 e. The van der Waals surface area contributed by atoms with Gasteiger partial charge in [0, 0.05) is 133 Å². The second-order valence-electron chi connectivity index (χ2n) is 23.5. The molecule has 5 aliphatic heterocycles. The van der Waals surface area contributed by atoms with Crippen LogP contribution in [0.4, 0.5) is 0 Å². The Balaban J connectivity index is 0.000000209. The maximum Gasteiger partial charge on any atom is 0.339 e. The summed E-state index contributed by atoms with van der Waals surface area (Å²) in [4.78, 5) is 48.1. The largest absolute Gasteiger partial charge is 0.491 e. The number of para-hydroxylation sites is 1. The van der Waals surface area contributed by atoms with Gasteiger partial charge in [-0.15, -0.1) is 11.8 Å². The number of carbonyl (C=O) groups excluding carboxylic acids is 4. The summed E-state index contributed by atoms with van der Waals surface area (Å²) in [6.07, 6.45) is 0.375. The summed E-state index contributed by atoms with van der Waals surface area (Å²) in [6.45, 7) is 23.0. The summed E-state index contributed by atoms with van der Waals surface area (Å²) >= 11 is 54.0. The third-order valence-corrected chi connectivity index (χ3v) is 31.1. The quantitative estimate of drug-likeness (QED) is 0.0239. The molecule has 0 N–H and O–H groups in total. The standard InChI is InChI=1S/C17H17Br3O4S2.C15H17Br3O2S2.C15H20O2S2.C14H15BrO2S2.C14H14Cl2O2S2/c1-10-6-25-8-12(9-26-7-10)23-15(21)2-3-16(22)24-17-13(19)4-11(18)5-14(17)20;1-10-6-21-8-12(9-22-7-10)19-2-3-20-15-13(17)4-11(16)5-14(15)18;1-13-9-18-11-15(12-19-10-13)17-8-7-16-14-5-3-2-4-6-14;1-10-7-18-9-11(19-8-10)6-17-14(16)12-4-2-3-5-13(12)15;1-9-5-19-7-11(8-20-6-9)18-14(17)12-3-2-10(15)4-13(12)16/h4-5,12H,1-3,6-9H2;4-5,12H,1-3,6-9H2;2-6,15H,1,7-12H2;2-5,11H,1,6-9H2;2-4,11H,1,5-8H2. The first-order valence-electron chi connectivity index (χ1n) is 32.9. The number of halogens is 9. The van der Waals surface area contributed by atoms with E-state index in [0.29, 0.717) is 86.4 Å². The van der Waals surface area contributed by atoms with Gasteiger partial charge in [-0.3, -0.25) is 9.59 Å². The van der Waals surface area contributed by atoms with Crippen LogP contribution in [0.15, 0.2) is 189 Å². The summed E-state index contributed by atoms with van der Waals surface area (Å²) in [7, 11) is 0. The highest BCUT2D eigenvalue weighted by atomic mass is 79.9. The molecule has 106 heavy (non-hydrogen) atoms. The zero-order valence-corrected chi connectivity index (χ0v) is 78.7. The molecule has 5 aromatic carbocycles. The Kier molecular flexibility index (Phi) is 48.6. The number of rotatable bonds is 20. The van der Waals surface area contributed by atoms with Crippen LogP contribution >= 0.6 is 252 Å². The summed E-state index contributed by atoms with van der Waals surface area (Å²) in [5, 5.41) is 1.18. The Labute approximate surface area is 736 Å². The molecule has 0 saturated carbocycles. The first-order valence-corrected chi connectivity index (χ1v) is 50.7. The molecule has 0 aromatic heterocycles. The van der Waals surface area contributed by atoms with Crippen molar-refractivity contribution < 1.29 is 57.1 Å². The first-order chi connectivity index (χ1) is 51.0. The minimum absolute atomic E-state index is 0.00312. The summed E-state index contributed by atoms with van der Waals surface area (Å²) in [5.41, 5.74) is 7.29. The van der Waals surface area contributed by atoms with E-state index in [2.05, 4.69) is 144 Å². The van der Waals surface area contributed by atoms with Gasteiger partial charge in [-0.25, -0.2) is 9.59 Å². The highest BCUT2D eigenvalue weighted by Crippen LogP contribution is 2.39. The van der Waals surface area contributed by atoms with Crippen molar-refractivity contribution in [3.8, 4) is 17.2 Å². The number of carbonyl (C=O) groups is 4. The molecule has 5 aromatic rings. The molecule has 1 atom stereocenters. The second kappa shape index (κ2) is 54.5. The molecule has 12 nitrogen and oxygen atoms in total. The normalized spacial score (nSPS) is 17.5. The van der Waals surface area contributed by atoms with Crippen LogP contribution in [0, 0.1) is 0 Å². The number of benzene rings is 5. The van der Waals surface area contributed by atoms with Crippen molar-refractivity contribution in [3.05, 3.63) is 210 Å². The van der Waals surface area contributed by atoms with E-state index in [-0.39, 0.29) is 37.0 Å². The summed E-state index contributed by atoms with van der Waals surface area (Å²) < 4.78 is 50.8. The number of ether oxygens (including phenoxy) is 8. The van der Waals surface area contributed by atoms with E-state index in [1.807, 2.05) is 131 Å². The van der Waals surface area contributed by atoms with Gasteiger partial charge >= 0.3 is 23.9 Å². The number of hydrogen-bond acceptors (Lipinski definition) is 22. The van der Waals surface area contributed by atoms with Crippen LogP contribution in [0.3, 0.4) is 0 Å². The van der Waals surface area contributed by atoms with Crippen LogP contribution in [0.2, 0.25) is 10.0 Å². The van der Waals surface area contributed by atoms with Gasteiger partial charge in [0.05, 0.1) is 72.3 Å². The van der Waals surface area contributed by atoms with E-state index in [9.17, 15) is 19.2 Å². The fourth-order valence-electron chi connectivity index (χ4n) is 9.02. The summed E-state index contributed by atoms with van der Waals surface area (Å²) in [5.74, 6) is 18.6. The van der Waals surface area contributed by atoms with Crippen LogP contribution < -0.4 is 14.2 Å². The molecule has 0 amide bonds. The van der Waals surface area contributed by atoms with Gasteiger partial charge in [-0.1, -0.05) is 146 Å². The van der Waals surface area contributed by atoms with Crippen LogP contribution in [0.1, 0.15) is 33.6 Å². The molecule has 5 aliphatic rings. The van der Waals surface area contributed by atoms with Gasteiger partial charge in [0.2, 0.25) is 0 Å². The molecule has 578 valence electrons. The Hall–Kier alpha value is -0.360. The molecule has 5 heterocycles. The topological polar surface area (TPSA) is 142 Å². The van der Waals surface area contributed by atoms with Crippen LogP contribution in [-0.2, 0) is 33.3 Å². The van der Waals surface area contributed by atoms with E-state index < -0.39 is 11.9 Å². The number of hydrogen-bond donors (Lipinski definition) is 0. The first kappa shape index (κ1) is 94.5. The number of esters is 4. The predicted octanol–water partition coefficient (Wildman–Crippen LogP) is 23.4. The van der Waals surface area contributed by atoms with E-state index in [4.69, 9.17) is 61.1 Å². The van der Waals surface area contributed by atoms with Crippen LogP contribution in [0.25, 0.3) is 0 Å². The molecule has 0 aliphatic carbocycles. The maximum atomic E-state index is 12.1. The van der Waals surface area contributed by atoms with Gasteiger partial charge in [0.1, 0.15) is 43.5 Å². The molecule has 0 spiro atoms. The third kappa shape index (κ3) is 39.3. The van der Waals surface area contributed by atoms with Crippen molar-refractivity contribution in [1.82, 2.24) is 0 Å². The average molecular weight is 2130 g/mol. The van der Waals surface area contributed by atoms with Crippen molar-refractivity contribution in [3.63, 3.8) is 0 Å². The van der Waals surface area contributed by atoms with Gasteiger partial charge in [0.25, 0.3) is 0 Å². The SMILES string of the molecule is C=C1CSCC(COC(=O)c2ccccc2Br)SC1.C=C1CSCC(OC(=O)CCC(=O)Oc2c(Br)cc(Br)cc2Br)CSC1.C=C1CSCC(OC(=O)c2ccc(Cl)cc2Cl)CSC1.C=C1CSCC(OCCOc2c(Br)cc(Br)cc2Br)CSC1.C=C1CSCC(OCCOc2ccccc2)CSC1. The highest BCUT2D eigenvalue weighted by Gasteiger charge is 2.24. The molecule has 1 unspecified atom stereocenters. The lowest BCUT2D eigenvalue weighted by Crippen LogP contribution is -2.25. The lowest BCUT2D eigenvalue weighted by Gasteiger charge is -2.21. The van der Waals surface area contributed by atoms with E-state index in [1.54, 1.807) is 83.4 Å². The molecule has 5 saturated heterocycles. The van der Waals surface area contributed by atoms with Crippen molar-refractivity contribution in [2.75, 3.05) is 142 Å². The zero-order valence-electron chi connectivity index (χ0n) is 57.9. The highest BCUT2D eigenvalue weighted by molar-refractivity contribution is 9.12. The molecule has 31 heteroatoms. The van der Waals surface area contributed by atoms with Crippen molar-refractivity contribution >= 4 is 276 Å². The molecule has 10 rings (SSSR count). The predicted molar refractivity (Wildman–Crippen MR) is 489 cm³/mol. The molecule has 0 radical (unpaired) electrons. The van der Waals surface area contributed by atoms with Crippen molar-refractivity contribution in [2.24, 2.45) is 0 Å². The second-order valence-corrected chi connectivity index (χ2v) is 41.0. The minimum atomic E-state index is -0.483. The third-order valence-electron chi connectivity index (χ3n) is 14.0. The zero-order chi connectivity index (χ0) is 76.6. The Morgan fingerprint density at radius 2 is 0.821 bits per heavy atom. The average Bonchev–Trinajstić information content (AvgIpc) is 0.828. The molecule has 5 fully saturated rings. The lowest BCUT2D eigenvalue weighted by molar-refractivity contribution is -0.149. The monoisotopic (exact) mass is 2120 g/mol. The van der Waals surface area contributed by atoms with Gasteiger partial charge < -0.3 is 37.9 Å². The van der Waals surface area contributed by atoms with Crippen molar-refractivity contribution in [2.45, 2.75) is 42.5 Å². The fraction of sp³-hybridized carbons (Fsp3) is 0.413. The molecular weight excluding hydrogens is 2040 g/mol. The smallest absolute Gasteiger partial charge is 0.339 e. The van der Waals surface area contributed by atoms with Crippen molar-refractivity contribution in [1.29, 1.82) is 0 Å². The Bertz CT molecular complexity index is 3590. The Morgan fingerprint density at radius 3 is 1.30 bits per heavy atom.